The molecule has 1 fully saturated rings. The number of aryl methyl sites for hydroxylation is 2. The summed E-state index contributed by atoms with van der Waals surface area (Å²) in [6.45, 7) is 3.43. The van der Waals surface area contributed by atoms with Gasteiger partial charge in [-0.2, -0.15) is 4.98 Å². The first-order valence-electron chi connectivity index (χ1n) is 9.11. The van der Waals surface area contributed by atoms with E-state index < -0.39 is 17.3 Å². The number of fused-ring (bicyclic) bond motifs is 1. The molecule has 1 aliphatic rings. The fourth-order valence-corrected chi connectivity index (χ4v) is 3.79. The molecule has 0 atom stereocenters. The minimum atomic E-state index is -0.848. The molecule has 0 spiro atoms. The van der Waals surface area contributed by atoms with E-state index in [0.717, 1.165) is 6.07 Å². The molecule has 4 N–H and O–H groups in total. The average Bonchev–Trinajstić information content (AvgIpc) is 2.86. The summed E-state index contributed by atoms with van der Waals surface area (Å²) in [4.78, 5) is 32.6. The van der Waals surface area contributed by atoms with Crippen molar-refractivity contribution in [3.05, 3.63) is 45.8 Å². The van der Waals surface area contributed by atoms with E-state index in [1.807, 2.05) is 0 Å². The molecule has 0 aliphatic heterocycles. The number of nitrogens with one attached hydrogen (secondary N) is 1. The second-order valence-corrected chi connectivity index (χ2v) is 7.81. The zero-order valence-corrected chi connectivity index (χ0v) is 16.2. The van der Waals surface area contributed by atoms with Crippen LogP contribution in [-0.2, 0) is 7.05 Å². The van der Waals surface area contributed by atoms with Gasteiger partial charge in [-0.15, -0.1) is 0 Å². The van der Waals surface area contributed by atoms with Crippen molar-refractivity contribution >= 4 is 28.7 Å². The normalized spacial score (nSPS) is 21.2. The van der Waals surface area contributed by atoms with Gasteiger partial charge in [-0.1, -0.05) is 0 Å². The number of rotatable bonds is 4. The van der Waals surface area contributed by atoms with Crippen LogP contribution in [0.15, 0.2) is 23.1 Å². The van der Waals surface area contributed by atoms with Gasteiger partial charge in [-0.05, 0) is 44.4 Å². The molecule has 3 aromatic rings. The molecule has 10 heteroatoms. The predicted molar refractivity (Wildman–Crippen MR) is 105 cm³/mol. The van der Waals surface area contributed by atoms with Crippen LogP contribution in [0, 0.1) is 12.7 Å². The van der Waals surface area contributed by atoms with Crippen LogP contribution in [0.5, 0.6) is 0 Å². The number of carbonyl (C=O) groups is 1. The maximum atomic E-state index is 14.1. The molecule has 1 saturated carbocycles. The van der Waals surface area contributed by atoms with E-state index in [9.17, 15) is 19.1 Å². The van der Waals surface area contributed by atoms with Gasteiger partial charge in [0.2, 0.25) is 5.95 Å². The maximum Gasteiger partial charge on any atom is 0.330 e. The number of benzene rings is 1. The summed E-state index contributed by atoms with van der Waals surface area (Å²) in [7, 11) is 1.64. The molecule has 1 aromatic carbocycles. The van der Waals surface area contributed by atoms with Crippen molar-refractivity contribution in [2.75, 3.05) is 5.32 Å². The Morgan fingerprint density at radius 1 is 1.41 bits per heavy atom. The van der Waals surface area contributed by atoms with Crippen LogP contribution in [0.2, 0.25) is 0 Å². The van der Waals surface area contributed by atoms with Gasteiger partial charge < -0.3 is 16.2 Å². The fourth-order valence-electron chi connectivity index (χ4n) is 3.79. The molecular weight excluding hydrogens is 379 g/mol. The summed E-state index contributed by atoms with van der Waals surface area (Å²) in [5.41, 5.74) is 5.90. The Bertz CT molecular complexity index is 1200. The molecule has 1 amide bonds. The SMILES string of the molecule is Cc1cc(C(N)=O)c(F)cc1Nc1ncc2c(n1)n(C1CC(C)(O)C1)c(=O)n2C. The number of amides is 1. The predicted octanol–water partition coefficient (Wildman–Crippen LogP) is 1.51. The van der Waals surface area contributed by atoms with Gasteiger partial charge in [0.1, 0.15) is 11.3 Å². The van der Waals surface area contributed by atoms with Gasteiger partial charge in [-0.25, -0.2) is 14.2 Å². The van der Waals surface area contributed by atoms with Crippen molar-refractivity contribution in [3.8, 4) is 0 Å². The molecule has 29 heavy (non-hydrogen) atoms. The van der Waals surface area contributed by atoms with E-state index in [1.165, 1.54) is 16.8 Å². The number of aromatic nitrogens is 4. The first-order valence-corrected chi connectivity index (χ1v) is 9.11. The lowest BCUT2D eigenvalue weighted by atomic mass is 9.77. The van der Waals surface area contributed by atoms with Gasteiger partial charge in [0.25, 0.3) is 5.91 Å². The molecule has 9 nitrogen and oxygen atoms in total. The summed E-state index contributed by atoms with van der Waals surface area (Å²) in [5.74, 6) is -1.42. The number of aliphatic hydroxyl groups is 1. The van der Waals surface area contributed by atoms with Crippen molar-refractivity contribution in [1.82, 2.24) is 19.1 Å². The third kappa shape index (κ3) is 3.15. The molecule has 152 valence electrons. The number of halogens is 1. The summed E-state index contributed by atoms with van der Waals surface area (Å²) < 4.78 is 17.2. The lowest BCUT2D eigenvalue weighted by Crippen LogP contribution is -2.45. The number of anilines is 2. The van der Waals surface area contributed by atoms with Crippen molar-refractivity contribution in [2.24, 2.45) is 12.8 Å². The van der Waals surface area contributed by atoms with E-state index >= 15 is 0 Å². The summed E-state index contributed by atoms with van der Waals surface area (Å²) >= 11 is 0. The number of imidazole rings is 1. The van der Waals surface area contributed by atoms with Crippen LogP contribution < -0.4 is 16.7 Å². The number of nitrogens with zero attached hydrogens (tertiary/aromatic N) is 4. The number of hydrogen-bond acceptors (Lipinski definition) is 6. The van der Waals surface area contributed by atoms with Crippen molar-refractivity contribution in [1.29, 1.82) is 0 Å². The Balaban J connectivity index is 1.74. The molecule has 2 aromatic heterocycles. The van der Waals surface area contributed by atoms with Crippen molar-refractivity contribution in [2.45, 2.75) is 38.3 Å². The first kappa shape index (κ1) is 19.1. The highest BCUT2D eigenvalue weighted by molar-refractivity contribution is 5.94. The van der Waals surface area contributed by atoms with Crippen LogP contribution in [0.1, 0.15) is 41.7 Å². The lowest BCUT2D eigenvalue weighted by molar-refractivity contribution is -0.0508. The van der Waals surface area contributed by atoms with Gasteiger partial charge >= 0.3 is 5.69 Å². The number of carbonyl (C=O) groups excluding carboxylic acids is 1. The second kappa shape index (κ2) is 6.38. The van der Waals surface area contributed by atoms with E-state index in [4.69, 9.17) is 5.73 Å². The number of primary amides is 1. The van der Waals surface area contributed by atoms with Crippen LogP contribution in [0.4, 0.5) is 16.0 Å². The summed E-state index contributed by atoms with van der Waals surface area (Å²) in [6, 6.07) is 2.36. The Hall–Kier alpha value is -3.27. The highest BCUT2D eigenvalue weighted by atomic mass is 19.1. The highest BCUT2D eigenvalue weighted by Crippen LogP contribution is 2.41. The molecule has 2 heterocycles. The average molecular weight is 400 g/mol. The monoisotopic (exact) mass is 400 g/mol. The Morgan fingerprint density at radius 2 is 2.10 bits per heavy atom. The van der Waals surface area contributed by atoms with Gasteiger partial charge in [-0.3, -0.25) is 13.9 Å². The fraction of sp³-hybridized carbons (Fsp3) is 0.368. The van der Waals surface area contributed by atoms with Crippen LogP contribution >= 0.6 is 0 Å². The molecule has 0 saturated heterocycles. The minimum absolute atomic E-state index is 0.155. The molecule has 0 radical (unpaired) electrons. The Labute approximate surface area is 165 Å². The Morgan fingerprint density at radius 3 is 2.72 bits per heavy atom. The molecule has 4 rings (SSSR count). The van der Waals surface area contributed by atoms with Crippen molar-refractivity contribution < 1.29 is 14.3 Å². The zero-order chi connectivity index (χ0) is 21.1. The maximum absolute atomic E-state index is 14.1. The zero-order valence-electron chi connectivity index (χ0n) is 16.2. The third-order valence-electron chi connectivity index (χ3n) is 5.37. The van der Waals surface area contributed by atoms with Crippen LogP contribution in [0.25, 0.3) is 11.2 Å². The standard InChI is InChI=1S/C19H21FN6O3/c1-9-4-11(15(21)27)12(20)5-13(9)23-17-22-8-14-16(24-17)26(18(28)25(14)3)10-6-19(2,29)7-10/h4-5,8,10,29H,6-7H2,1-3H3,(H2,21,27)(H,22,23,24). The number of nitrogens with two attached hydrogens (primary N) is 1. The van der Waals surface area contributed by atoms with Crippen LogP contribution in [-0.4, -0.2) is 35.7 Å². The minimum Gasteiger partial charge on any atom is -0.390 e. The van der Waals surface area contributed by atoms with Crippen LogP contribution in [0.3, 0.4) is 0 Å². The topological polar surface area (TPSA) is 128 Å². The Kier molecular flexibility index (Phi) is 4.19. The second-order valence-electron chi connectivity index (χ2n) is 7.81. The molecule has 0 unspecified atom stereocenters. The van der Waals surface area contributed by atoms with Gasteiger partial charge in [0, 0.05) is 18.8 Å². The van der Waals surface area contributed by atoms with Gasteiger partial charge in [0.15, 0.2) is 5.65 Å². The van der Waals surface area contributed by atoms with E-state index in [-0.39, 0.29) is 23.2 Å². The van der Waals surface area contributed by atoms with E-state index in [1.54, 1.807) is 25.5 Å². The summed E-state index contributed by atoms with van der Waals surface area (Å²) in [6.07, 6.45) is 2.43. The highest BCUT2D eigenvalue weighted by Gasteiger charge is 2.41. The summed E-state index contributed by atoms with van der Waals surface area (Å²) in [5, 5.41) is 13.0. The molecule has 1 aliphatic carbocycles. The third-order valence-corrected chi connectivity index (χ3v) is 5.37. The quantitative estimate of drug-likeness (QED) is 0.609. The molecule has 0 bridgehead atoms. The largest absolute Gasteiger partial charge is 0.390 e. The van der Waals surface area contributed by atoms with Crippen molar-refractivity contribution in [3.63, 3.8) is 0 Å². The van der Waals surface area contributed by atoms with Gasteiger partial charge in [0.05, 0.1) is 17.4 Å². The first-order chi connectivity index (χ1) is 13.6. The lowest BCUT2D eigenvalue weighted by Gasteiger charge is -2.41. The van der Waals surface area contributed by atoms with E-state index in [0.29, 0.717) is 35.3 Å². The number of hydrogen-bond donors (Lipinski definition) is 3. The molecular formula is C19H21FN6O3. The van der Waals surface area contributed by atoms with E-state index in [2.05, 4.69) is 15.3 Å². The smallest absolute Gasteiger partial charge is 0.330 e.